The fourth-order valence-corrected chi connectivity index (χ4v) is 4.01. The minimum absolute atomic E-state index is 0.00612. The van der Waals surface area contributed by atoms with Crippen molar-refractivity contribution in [3.63, 3.8) is 0 Å². The zero-order valence-electron chi connectivity index (χ0n) is 13.0. The van der Waals surface area contributed by atoms with E-state index in [0.29, 0.717) is 5.69 Å². The van der Waals surface area contributed by atoms with Gasteiger partial charge in [-0.15, -0.1) is 0 Å². The van der Waals surface area contributed by atoms with Gasteiger partial charge in [0.05, 0.1) is 15.5 Å². The number of benzene rings is 2. The molecule has 2 N–H and O–H groups in total. The lowest BCUT2D eigenvalue weighted by Crippen LogP contribution is -2.30. The van der Waals surface area contributed by atoms with E-state index in [1.807, 2.05) is 12.1 Å². The molecule has 0 saturated carbocycles. The van der Waals surface area contributed by atoms with E-state index in [2.05, 4.69) is 32.6 Å². The molecule has 2 aromatic carbocycles. The summed E-state index contributed by atoms with van der Waals surface area (Å²) < 4.78 is 27.9. The third-order valence-corrected chi connectivity index (χ3v) is 5.62. The smallest absolute Gasteiger partial charge is 0.257 e. The van der Waals surface area contributed by atoms with Crippen LogP contribution in [0.4, 0.5) is 5.69 Å². The van der Waals surface area contributed by atoms with Crippen LogP contribution in [0.15, 0.2) is 47.4 Å². The molecule has 2 rings (SSSR count). The van der Waals surface area contributed by atoms with Gasteiger partial charge in [0, 0.05) is 15.3 Å². The van der Waals surface area contributed by atoms with Crippen molar-refractivity contribution in [2.45, 2.75) is 24.8 Å². The number of sulfonamides is 1. The molecule has 5 nitrogen and oxygen atoms in total. The monoisotopic (exact) mass is 478 g/mol. The Morgan fingerprint density at radius 1 is 1.17 bits per heavy atom. The van der Waals surface area contributed by atoms with Crippen LogP contribution < -0.4 is 10.0 Å². The fourth-order valence-electron chi connectivity index (χ4n) is 1.99. The van der Waals surface area contributed by atoms with Crippen LogP contribution in [0.5, 0.6) is 0 Å². The third-order valence-electron chi connectivity index (χ3n) is 2.97. The van der Waals surface area contributed by atoms with Gasteiger partial charge in [-0.3, -0.25) is 4.79 Å². The van der Waals surface area contributed by atoms with E-state index in [1.54, 1.807) is 26.0 Å². The number of hydrogen-bond donors (Lipinski definition) is 2. The molecule has 8 heteroatoms. The maximum Gasteiger partial charge on any atom is 0.257 e. The molecule has 0 saturated heterocycles. The Bertz CT molecular complexity index is 869. The van der Waals surface area contributed by atoms with Gasteiger partial charge in [-0.05, 0) is 72.8 Å². The van der Waals surface area contributed by atoms with Crippen LogP contribution in [-0.4, -0.2) is 20.4 Å². The predicted molar refractivity (Wildman–Crippen MR) is 104 cm³/mol. The van der Waals surface area contributed by atoms with E-state index in [4.69, 9.17) is 11.6 Å². The summed E-state index contributed by atoms with van der Waals surface area (Å²) in [5, 5.41) is 2.90. The number of hydrogen-bond acceptors (Lipinski definition) is 3. The van der Waals surface area contributed by atoms with Gasteiger partial charge in [-0.2, -0.15) is 0 Å². The summed E-state index contributed by atoms with van der Waals surface area (Å²) in [6.07, 6.45) is 0. The van der Waals surface area contributed by atoms with Crippen molar-refractivity contribution in [2.75, 3.05) is 5.32 Å². The molecule has 0 bridgehead atoms. The maximum atomic E-state index is 12.4. The van der Waals surface area contributed by atoms with Crippen molar-refractivity contribution in [2.24, 2.45) is 0 Å². The first-order valence-corrected chi connectivity index (χ1v) is 10.0. The van der Waals surface area contributed by atoms with Crippen molar-refractivity contribution < 1.29 is 13.2 Å². The Morgan fingerprint density at radius 3 is 2.50 bits per heavy atom. The van der Waals surface area contributed by atoms with Gasteiger partial charge in [-0.1, -0.05) is 17.7 Å². The predicted octanol–water partition coefficient (Wildman–Crippen LogP) is 3.88. The van der Waals surface area contributed by atoms with Crippen LogP contribution >= 0.6 is 34.2 Å². The molecule has 0 aliphatic rings. The molecule has 0 aliphatic heterocycles. The first-order chi connectivity index (χ1) is 11.2. The largest absolute Gasteiger partial charge is 0.322 e. The second kappa shape index (κ2) is 7.81. The Kier molecular flexibility index (Phi) is 6.24. The summed E-state index contributed by atoms with van der Waals surface area (Å²) in [7, 11) is -3.70. The van der Waals surface area contributed by atoms with Crippen molar-refractivity contribution in [3.8, 4) is 0 Å². The molecule has 0 unspecified atom stereocenters. The van der Waals surface area contributed by atoms with Crippen LogP contribution in [0.3, 0.4) is 0 Å². The average molecular weight is 479 g/mol. The molecular weight excluding hydrogens is 463 g/mol. The SMILES string of the molecule is CC(C)NS(=O)(=O)c1ccc(Cl)c(C(=O)Nc2cccc(I)c2)c1. The second-order valence-electron chi connectivity index (χ2n) is 5.38. The second-order valence-corrected chi connectivity index (χ2v) is 8.75. The van der Waals surface area contributed by atoms with E-state index in [0.717, 1.165) is 3.57 Å². The summed E-state index contributed by atoms with van der Waals surface area (Å²) >= 11 is 8.20. The van der Waals surface area contributed by atoms with Gasteiger partial charge in [-0.25, -0.2) is 13.1 Å². The Balaban J connectivity index is 2.33. The van der Waals surface area contributed by atoms with Crippen molar-refractivity contribution >= 4 is 55.8 Å². The lowest BCUT2D eigenvalue weighted by Gasteiger charge is -2.12. The topological polar surface area (TPSA) is 75.3 Å². The summed E-state index contributed by atoms with van der Waals surface area (Å²) in [6.45, 7) is 3.44. The molecule has 0 aromatic heterocycles. The molecule has 0 spiro atoms. The van der Waals surface area contributed by atoms with Crippen molar-refractivity contribution in [1.29, 1.82) is 0 Å². The van der Waals surface area contributed by atoms with Crippen LogP contribution in [0, 0.1) is 3.57 Å². The lowest BCUT2D eigenvalue weighted by atomic mass is 10.2. The van der Waals surface area contributed by atoms with E-state index < -0.39 is 15.9 Å². The molecule has 0 fully saturated rings. The number of amides is 1. The summed E-state index contributed by atoms with van der Waals surface area (Å²) in [6, 6.07) is 11.0. The molecule has 0 radical (unpaired) electrons. The molecule has 2 aromatic rings. The number of rotatable bonds is 5. The normalized spacial score (nSPS) is 11.5. The van der Waals surface area contributed by atoms with E-state index in [-0.39, 0.29) is 21.5 Å². The molecule has 0 heterocycles. The molecule has 0 atom stereocenters. The number of nitrogens with one attached hydrogen (secondary N) is 2. The standard InChI is InChI=1S/C16H16ClIN2O3S/c1-10(2)20-24(22,23)13-6-7-15(17)14(9-13)16(21)19-12-5-3-4-11(18)8-12/h3-10,20H,1-2H3,(H,19,21). The van der Waals surface area contributed by atoms with Gasteiger partial charge in [0.2, 0.25) is 10.0 Å². The minimum Gasteiger partial charge on any atom is -0.322 e. The van der Waals surface area contributed by atoms with E-state index >= 15 is 0 Å². The molecule has 128 valence electrons. The van der Waals surface area contributed by atoms with Gasteiger partial charge < -0.3 is 5.32 Å². The summed E-state index contributed by atoms with van der Waals surface area (Å²) in [5.41, 5.74) is 0.707. The summed E-state index contributed by atoms with van der Waals surface area (Å²) in [4.78, 5) is 12.4. The van der Waals surface area contributed by atoms with Crippen LogP contribution in [0.2, 0.25) is 5.02 Å². The van der Waals surface area contributed by atoms with E-state index in [1.165, 1.54) is 18.2 Å². The Morgan fingerprint density at radius 2 is 1.88 bits per heavy atom. The molecule has 24 heavy (non-hydrogen) atoms. The number of anilines is 1. The summed E-state index contributed by atoms with van der Waals surface area (Å²) in [5.74, 6) is -0.469. The fraction of sp³-hybridized carbons (Fsp3) is 0.188. The van der Waals surface area contributed by atoms with Crippen molar-refractivity contribution in [3.05, 3.63) is 56.6 Å². The van der Waals surface area contributed by atoms with Crippen LogP contribution in [-0.2, 0) is 10.0 Å². The average Bonchev–Trinajstić information content (AvgIpc) is 2.46. The zero-order chi connectivity index (χ0) is 17.9. The minimum atomic E-state index is -3.70. The van der Waals surface area contributed by atoms with Gasteiger partial charge in [0.25, 0.3) is 5.91 Å². The number of carbonyl (C=O) groups excluding carboxylic acids is 1. The highest BCUT2D eigenvalue weighted by molar-refractivity contribution is 14.1. The maximum absolute atomic E-state index is 12.4. The van der Waals surface area contributed by atoms with Gasteiger partial charge in [0.1, 0.15) is 0 Å². The lowest BCUT2D eigenvalue weighted by molar-refractivity contribution is 0.102. The quantitative estimate of drug-likeness (QED) is 0.641. The molecule has 0 aliphatic carbocycles. The van der Waals surface area contributed by atoms with Crippen LogP contribution in [0.25, 0.3) is 0 Å². The highest BCUT2D eigenvalue weighted by Crippen LogP contribution is 2.22. The van der Waals surface area contributed by atoms with Gasteiger partial charge in [0.15, 0.2) is 0 Å². The number of halogens is 2. The molecule has 1 amide bonds. The van der Waals surface area contributed by atoms with Gasteiger partial charge >= 0.3 is 0 Å². The Hall–Kier alpha value is -1.16. The zero-order valence-corrected chi connectivity index (χ0v) is 16.7. The Labute approximate surface area is 160 Å². The first kappa shape index (κ1) is 19.2. The van der Waals surface area contributed by atoms with Crippen molar-refractivity contribution in [1.82, 2.24) is 4.72 Å². The van der Waals surface area contributed by atoms with E-state index in [9.17, 15) is 13.2 Å². The number of carbonyl (C=O) groups is 1. The van der Waals surface area contributed by atoms with Crippen LogP contribution in [0.1, 0.15) is 24.2 Å². The first-order valence-electron chi connectivity index (χ1n) is 7.08. The molecular formula is C16H16ClIN2O3S. The third kappa shape index (κ3) is 4.92. The highest BCUT2D eigenvalue weighted by Gasteiger charge is 2.19. The highest BCUT2D eigenvalue weighted by atomic mass is 127.